The average Bonchev–Trinajstić information content (AvgIpc) is 3.31. The summed E-state index contributed by atoms with van der Waals surface area (Å²) in [4.78, 5) is 37.2. The Balaban J connectivity index is 1.72. The van der Waals surface area contributed by atoms with Gasteiger partial charge in [0, 0.05) is 11.1 Å². The summed E-state index contributed by atoms with van der Waals surface area (Å²) in [6.45, 7) is -0.404. The van der Waals surface area contributed by atoms with Gasteiger partial charge >= 0.3 is 5.97 Å². The van der Waals surface area contributed by atoms with E-state index in [4.69, 9.17) is 13.9 Å². The van der Waals surface area contributed by atoms with E-state index in [1.165, 1.54) is 19.4 Å². The second kappa shape index (κ2) is 9.36. The first kappa shape index (κ1) is 19.9. The Bertz CT molecular complexity index is 964. The van der Waals surface area contributed by atoms with Crippen molar-refractivity contribution in [3.8, 4) is 5.75 Å². The quantitative estimate of drug-likeness (QED) is 0.467. The van der Waals surface area contributed by atoms with Crippen molar-refractivity contribution < 1.29 is 28.3 Å². The van der Waals surface area contributed by atoms with Gasteiger partial charge in [0.25, 0.3) is 5.91 Å². The van der Waals surface area contributed by atoms with Gasteiger partial charge in [-0.2, -0.15) is 0 Å². The smallest absolute Gasteiger partial charge is 0.326 e. The molecule has 0 saturated heterocycles. The van der Waals surface area contributed by atoms with Crippen LogP contribution in [0.3, 0.4) is 0 Å². The van der Waals surface area contributed by atoms with E-state index in [0.717, 1.165) is 0 Å². The molecule has 0 unspecified atom stereocenters. The summed E-state index contributed by atoms with van der Waals surface area (Å²) in [6, 6.07) is 18.2. The van der Waals surface area contributed by atoms with E-state index in [1.807, 2.05) is 0 Å². The van der Waals surface area contributed by atoms with Crippen molar-refractivity contribution >= 4 is 17.7 Å². The lowest BCUT2D eigenvalue weighted by Gasteiger charge is -2.18. The summed E-state index contributed by atoms with van der Waals surface area (Å²) in [6.07, 6.45) is 0.212. The van der Waals surface area contributed by atoms with Crippen LogP contribution in [0.4, 0.5) is 0 Å². The molecule has 0 saturated carbocycles. The Hall–Kier alpha value is -3.87. The first-order valence-corrected chi connectivity index (χ1v) is 8.83. The van der Waals surface area contributed by atoms with Gasteiger partial charge in [-0.05, 0) is 36.4 Å². The minimum atomic E-state index is -1.14. The molecule has 148 valence electrons. The molecule has 29 heavy (non-hydrogen) atoms. The highest BCUT2D eigenvalue weighted by molar-refractivity contribution is 6.01. The molecular weight excluding hydrogens is 374 g/mol. The predicted octanol–water partition coefficient (Wildman–Crippen LogP) is 3.19. The van der Waals surface area contributed by atoms with E-state index < -0.39 is 24.5 Å². The Morgan fingerprint density at radius 1 is 0.966 bits per heavy atom. The maximum atomic E-state index is 13.0. The van der Waals surface area contributed by atoms with Crippen molar-refractivity contribution in [2.24, 2.45) is 0 Å². The molecule has 2 aromatic carbocycles. The normalized spacial score (nSPS) is 11.3. The van der Waals surface area contributed by atoms with Gasteiger partial charge in [0.1, 0.15) is 12.3 Å². The molecule has 3 rings (SSSR count). The van der Waals surface area contributed by atoms with Crippen molar-refractivity contribution in [1.82, 2.24) is 5.32 Å². The molecule has 3 aromatic rings. The first-order chi connectivity index (χ1) is 14.1. The Labute approximate surface area is 167 Å². The second-order valence-corrected chi connectivity index (χ2v) is 6.03. The zero-order valence-electron chi connectivity index (χ0n) is 15.7. The van der Waals surface area contributed by atoms with Crippen LogP contribution in [-0.2, 0) is 9.53 Å². The topological polar surface area (TPSA) is 94.8 Å². The van der Waals surface area contributed by atoms with Gasteiger partial charge in [0.15, 0.2) is 11.9 Å². The molecule has 7 nitrogen and oxygen atoms in total. The zero-order valence-corrected chi connectivity index (χ0v) is 15.7. The number of hydrogen-bond donors (Lipinski definition) is 1. The number of methoxy groups -OCH3 is 1. The number of carbonyl (C=O) groups is 3. The predicted molar refractivity (Wildman–Crippen MR) is 104 cm³/mol. The number of nitrogens with one attached hydrogen (secondary N) is 1. The maximum absolute atomic E-state index is 13.0. The highest BCUT2D eigenvalue weighted by atomic mass is 16.5. The number of amides is 1. The number of esters is 1. The molecule has 0 aliphatic rings. The number of furan rings is 1. The van der Waals surface area contributed by atoms with Gasteiger partial charge in [-0.15, -0.1) is 0 Å². The molecule has 7 heteroatoms. The molecule has 0 fully saturated rings. The third-order valence-corrected chi connectivity index (χ3v) is 4.10. The third kappa shape index (κ3) is 5.10. The van der Waals surface area contributed by atoms with Crippen LogP contribution in [0.5, 0.6) is 5.75 Å². The average molecular weight is 393 g/mol. The molecule has 1 amide bonds. The Morgan fingerprint density at radius 3 is 2.31 bits per heavy atom. The molecule has 0 aliphatic heterocycles. The van der Waals surface area contributed by atoms with Crippen LogP contribution < -0.4 is 10.1 Å². The number of ether oxygens (including phenoxy) is 2. The summed E-state index contributed by atoms with van der Waals surface area (Å²) < 4.78 is 15.5. The van der Waals surface area contributed by atoms with Gasteiger partial charge in [-0.1, -0.05) is 30.3 Å². The minimum Gasteiger partial charge on any atom is -0.497 e. The highest BCUT2D eigenvalue weighted by Crippen LogP contribution is 2.24. The lowest BCUT2D eigenvalue weighted by atomic mass is 9.99. The van der Waals surface area contributed by atoms with E-state index in [9.17, 15) is 14.4 Å². The van der Waals surface area contributed by atoms with Crippen molar-refractivity contribution in [3.05, 3.63) is 89.9 Å². The van der Waals surface area contributed by atoms with E-state index in [-0.39, 0.29) is 11.5 Å². The van der Waals surface area contributed by atoms with Crippen LogP contribution in [0.1, 0.15) is 32.6 Å². The number of ketones is 1. The molecule has 1 heterocycles. The first-order valence-electron chi connectivity index (χ1n) is 8.83. The number of hydrogen-bond acceptors (Lipinski definition) is 6. The number of benzene rings is 2. The monoisotopic (exact) mass is 393 g/mol. The SMILES string of the molecule is COc1ccc(C(=O)[C@H](OC(=O)CNC(=O)c2ccco2)c2ccccc2)cc1. The summed E-state index contributed by atoms with van der Waals surface area (Å²) >= 11 is 0. The summed E-state index contributed by atoms with van der Waals surface area (Å²) in [5, 5.41) is 2.40. The van der Waals surface area contributed by atoms with Crippen LogP contribution in [0.25, 0.3) is 0 Å². The van der Waals surface area contributed by atoms with E-state index in [0.29, 0.717) is 16.9 Å². The van der Waals surface area contributed by atoms with E-state index in [1.54, 1.807) is 60.7 Å². The second-order valence-electron chi connectivity index (χ2n) is 6.03. The lowest BCUT2D eigenvalue weighted by Crippen LogP contribution is -2.32. The Morgan fingerprint density at radius 2 is 1.69 bits per heavy atom. The number of Topliss-reactive ketones (excluding diaryl/α,β-unsaturated/α-hetero) is 1. The number of rotatable bonds is 8. The zero-order chi connectivity index (χ0) is 20.6. The fraction of sp³-hybridized carbons (Fsp3) is 0.136. The van der Waals surface area contributed by atoms with E-state index >= 15 is 0 Å². The molecule has 1 N–H and O–H groups in total. The molecule has 0 spiro atoms. The standard InChI is InChI=1S/C22H19NO6/c1-27-17-11-9-15(10-12-17)20(25)21(16-6-3-2-4-7-16)29-19(24)14-23-22(26)18-8-5-13-28-18/h2-13,21H,14H2,1H3,(H,23,26)/t21-/m1/s1. The molecular formula is C22H19NO6. The van der Waals surface area contributed by atoms with Crippen molar-refractivity contribution in [1.29, 1.82) is 0 Å². The van der Waals surface area contributed by atoms with Crippen molar-refractivity contribution in [2.45, 2.75) is 6.10 Å². The molecule has 0 radical (unpaired) electrons. The van der Waals surface area contributed by atoms with E-state index in [2.05, 4.69) is 5.32 Å². The number of carbonyl (C=O) groups excluding carboxylic acids is 3. The van der Waals surface area contributed by atoms with Gasteiger partial charge in [0.2, 0.25) is 5.78 Å². The third-order valence-electron chi connectivity index (χ3n) is 4.10. The summed E-state index contributed by atoms with van der Waals surface area (Å²) in [7, 11) is 1.53. The Kier molecular flexibility index (Phi) is 6.42. The van der Waals surface area contributed by atoms with Crippen molar-refractivity contribution in [3.63, 3.8) is 0 Å². The lowest BCUT2D eigenvalue weighted by molar-refractivity contribution is -0.146. The molecule has 1 atom stereocenters. The largest absolute Gasteiger partial charge is 0.497 e. The fourth-order valence-electron chi connectivity index (χ4n) is 2.63. The van der Waals surface area contributed by atoms with Gasteiger partial charge in [-0.25, -0.2) is 0 Å². The molecule has 1 aromatic heterocycles. The van der Waals surface area contributed by atoms with Gasteiger partial charge in [0.05, 0.1) is 13.4 Å². The summed E-state index contributed by atoms with van der Waals surface area (Å²) in [5.74, 6) is -1.00. The van der Waals surface area contributed by atoms with Crippen LogP contribution in [0.2, 0.25) is 0 Å². The molecule has 0 bridgehead atoms. The fourth-order valence-corrected chi connectivity index (χ4v) is 2.63. The maximum Gasteiger partial charge on any atom is 0.326 e. The van der Waals surface area contributed by atoms with Gasteiger partial charge in [-0.3, -0.25) is 14.4 Å². The molecule has 0 aliphatic carbocycles. The van der Waals surface area contributed by atoms with Crippen LogP contribution in [0, 0.1) is 0 Å². The van der Waals surface area contributed by atoms with Crippen LogP contribution >= 0.6 is 0 Å². The minimum absolute atomic E-state index is 0.0757. The highest BCUT2D eigenvalue weighted by Gasteiger charge is 2.26. The van der Waals surface area contributed by atoms with Gasteiger partial charge < -0.3 is 19.2 Å². The van der Waals surface area contributed by atoms with Crippen LogP contribution in [0.15, 0.2) is 77.4 Å². The summed E-state index contributed by atoms with van der Waals surface area (Å²) in [5.41, 5.74) is 0.895. The van der Waals surface area contributed by atoms with Crippen molar-refractivity contribution in [2.75, 3.05) is 13.7 Å². The van der Waals surface area contributed by atoms with Crippen LogP contribution in [-0.4, -0.2) is 31.3 Å².